The molecule has 0 spiro atoms. The lowest BCUT2D eigenvalue weighted by Gasteiger charge is -2.27. The molecule has 0 aromatic rings. The number of nitrogens with zero attached hydrogens (tertiary/aromatic N) is 1. The number of phosphoric ester groups is 1. The van der Waals surface area contributed by atoms with Crippen LogP contribution in [0.1, 0.15) is 297 Å². The summed E-state index contributed by atoms with van der Waals surface area (Å²) in [6.07, 6.45) is 66.7. The fraction of sp³-hybridized carbons (Fsp3) is 0.844. The van der Waals surface area contributed by atoms with Crippen molar-refractivity contribution >= 4 is 19.7 Å². The van der Waals surface area contributed by atoms with E-state index in [1.165, 1.54) is 180 Å². The van der Waals surface area contributed by atoms with E-state index in [2.05, 4.69) is 62.5 Å². The van der Waals surface area contributed by atoms with Gasteiger partial charge in [0.2, 0.25) is 5.91 Å². The van der Waals surface area contributed by atoms with E-state index in [4.69, 9.17) is 13.8 Å². The Morgan fingerprint density at radius 2 is 0.824 bits per heavy atom. The Labute approximate surface area is 458 Å². The van der Waals surface area contributed by atoms with E-state index in [1.54, 1.807) is 0 Å². The van der Waals surface area contributed by atoms with Gasteiger partial charge in [0.1, 0.15) is 19.3 Å². The number of hydrogen-bond donors (Lipinski definition) is 2. The second-order valence-electron chi connectivity index (χ2n) is 22.6. The molecular weight excluding hydrogens is 940 g/mol. The highest BCUT2D eigenvalue weighted by Crippen LogP contribution is 2.43. The van der Waals surface area contributed by atoms with Gasteiger partial charge in [0, 0.05) is 12.8 Å². The number of amides is 1. The third kappa shape index (κ3) is 54.7. The molecule has 0 aliphatic rings. The number of likely N-dealkylation sites (N-methyl/N-ethyl adjacent to an activating group) is 1. The van der Waals surface area contributed by atoms with Crippen molar-refractivity contribution < 1.29 is 37.3 Å². The van der Waals surface area contributed by atoms with Crippen LogP contribution >= 0.6 is 7.82 Å². The van der Waals surface area contributed by atoms with Gasteiger partial charge in [0.05, 0.1) is 33.8 Å². The Bertz CT molecular complexity index is 1410. The molecule has 0 radical (unpaired) electrons. The van der Waals surface area contributed by atoms with Crippen molar-refractivity contribution in [3.8, 4) is 0 Å². The van der Waals surface area contributed by atoms with E-state index in [0.29, 0.717) is 23.9 Å². The molecule has 9 nitrogen and oxygen atoms in total. The number of carbonyl (C=O) groups excluding carboxylic acids is 2. The van der Waals surface area contributed by atoms with Gasteiger partial charge in [-0.15, -0.1) is 0 Å². The van der Waals surface area contributed by atoms with Crippen molar-refractivity contribution in [1.29, 1.82) is 0 Å². The van der Waals surface area contributed by atoms with Crippen LogP contribution in [0.15, 0.2) is 48.6 Å². The molecule has 434 valence electrons. The average molecular weight is 1060 g/mol. The molecule has 0 rings (SSSR count). The molecule has 0 aliphatic carbocycles. The molecule has 0 saturated carbocycles. The highest BCUT2D eigenvalue weighted by atomic mass is 31.2. The smallest absolute Gasteiger partial charge is 0.456 e. The molecule has 3 atom stereocenters. The van der Waals surface area contributed by atoms with Crippen molar-refractivity contribution in [2.24, 2.45) is 0 Å². The van der Waals surface area contributed by atoms with E-state index in [1.807, 2.05) is 33.3 Å². The lowest BCUT2D eigenvalue weighted by molar-refractivity contribution is -0.870. The molecule has 10 heteroatoms. The van der Waals surface area contributed by atoms with Gasteiger partial charge in [0.25, 0.3) is 0 Å². The molecule has 0 aliphatic heterocycles. The van der Waals surface area contributed by atoms with Crippen LogP contribution in [0.4, 0.5) is 0 Å². The molecule has 0 saturated heterocycles. The van der Waals surface area contributed by atoms with Crippen molar-refractivity contribution in [2.45, 2.75) is 309 Å². The number of ether oxygens (including phenoxy) is 1. The van der Waals surface area contributed by atoms with Crippen LogP contribution in [0.3, 0.4) is 0 Å². The predicted octanol–water partition coefficient (Wildman–Crippen LogP) is 19.3. The maximum atomic E-state index is 13.6. The third-order valence-corrected chi connectivity index (χ3v) is 15.0. The van der Waals surface area contributed by atoms with Crippen LogP contribution in [0.5, 0.6) is 0 Å². The summed E-state index contributed by atoms with van der Waals surface area (Å²) in [5.41, 5.74) is 0. The fourth-order valence-corrected chi connectivity index (χ4v) is 9.86. The standard InChI is InChI=1S/C64H121N2O7P/c1-7-10-13-16-19-22-25-28-30-31-32-33-34-35-36-38-41-44-47-50-53-56-63(67)65-61(60-72-74(69,70)71-59-58-66(4,5)6)62(55-52-49-46-43-40-37-27-24-21-18-15-12-9-3)73-64(68)57-54-51-48-45-42-39-29-26-23-20-17-14-11-8-2/h19,22,28,30,32-33,52,55,61-62H,7-18,20-21,23-27,29,31,34-51,53-54,56-60H2,1-6H3,(H-,65,67,69,70)/p+1/b22-19-,30-28-,33-32-,55-52-. The number of esters is 1. The molecule has 1 amide bonds. The number of carbonyl (C=O) groups is 2. The number of hydrogen-bond acceptors (Lipinski definition) is 6. The second kappa shape index (κ2) is 54.3. The van der Waals surface area contributed by atoms with Crippen LogP contribution in [-0.4, -0.2) is 74.3 Å². The van der Waals surface area contributed by atoms with Gasteiger partial charge in [-0.1, -0.05) is 262 Å². The SMILES string of the molecule is CCCCC/C=C\C/C=C\C/C=C\CCCCCCCCCCC(=O)NC(COP(=O)(O)OCC[N+](C)(C)C)C(/C=C\CCCCCCCCCCCCC)OC(=O)CCCCCCCCCCCCCCCC. The first kappa shape index (κ1) is 72.0. The van der Waals surface area contributed by atoms with E-state index >= 15 is 0 Å². The molecule has 2 N–H and O–H groups in total. The van der Waals surface area contributed by atoms with Crippen molar-refractivity contribution in [2.75, 3.05) is 40.9 Å². The van der Waals surface area contributed by atoms with Crippen molar-refractivity contribution in [3.05, 3.63) is 48.6 Å². The Balaban J connectivity index is 5.25. The van der Waals surface area contributed by atoms with Crippen LogP contribution in [0, 0.1) is 0 Å². The molecule has 0 fully saturated rings. The first-order valence-electron chi connectivity index (χ1n) is 31.5. The summed E-state index contributed by atoms with van der Waals surface area (Å²) in [5.74, 6) is -0.502. The van der Waals surface area contributed by atoms with Crippen molar-refractivity contribution in [1.82, 2.24) is 5.32 Å². The summed E-state index contributed by atoms with van der Waals surface area (Å²) in [7, 11) is 1.50. The number of phosphoric acid groups is 1. The maximum absolute atomic E-state index is 13.6. The summed E-state index contributed by atoms with van der Waals surface area (Å²) in [6.45, 7) is 7.01. The zero-order valence-electron chi connectivity index (χ0n) is 49.6. The summed E-state index contributed by atoms with van der Waals surface area (Å²) in [5, 5.41) is 3.06. The molecule has 0 aromatic carbocycles. The topological polar surface area (TPSA) is 111 Å². The van der Waals surface area contributed by atoms with Gasteiger partial charge >= 0.3 is 13.8 Å². The largest absolute Gasteiger partial charge is 0.472 e. The lowest BCUT2D eigenvalue weighted by atomic mass is 10.0. The Morgan fingerprint density at radius 3 is 1.26 bits per heavy atom. The number of unbranched alkanes of at least 4 members (excludes halogenated alkanes) is 35. The first-order chi connectivity index (χ1) is 35.9. The quantitative estimate of drug-likeness (QED) is 0.0205. The minimum Gasteiger partial charge on any atom is -0.456 e. The van der Waals surface area contributed by atoms with Crippen molar-refractivity contribution in [3.63, 3.8) is 0 Å². The maximum Gasteiger partial charge on any atom is 0.472 e. The Kier molecular flexibility index (Phi) is 52.8. The van der Waals surface area contributed by atoms with Crippen LogP contribution in [-0.2, 0) is 27.9 Å². The van der Waals surface area contributed by atoms with E-state index in [0.717, 1.165) is 83.5 Å². The average Bonchev–Trinajstić information content (AvgIpc) is 3.36. The number of nitrogens with one attached hydrogen (secondary N) is 1. The zero-order chi connectivity index (χ0) is 54.3. The van der Waals surface area contributed by atoms with Gasteiger partial charge in [0.15, 0.2) is 0 Å². The van der Waals surface area contributed by atoms with Gasteiger partial charge in [-0.25, -0.2) is 4.57 Å². The van der Waals surface area contributed by atoms with Gasteiger partial charge < -0.3 is 19.4 Å². The molecule has 0 bridgehead atoms. The van der Waals surface area contributed by atoms with Gasteiger partial charge in [-0.2, -0.15) is 0 Å². The minimum absolute atomic E-state index is 0.0397. The van der Waals surface area contributed by atoms with E-state index in [9.17, 15) is 19.0 Å². The number of allylic oxidation sites excluding steroid dienone is 7. The number of rotatable bonds is 57. The lowest BCUT2D eigenvalue weighted by Crippen LogP contribution is -2.47. The highest BCUT2D eigenvalue weighted by Gasteiger charge is 2.30. The fourth-order valence-electron chi connectivity index (χ4n) is 9.12. The van der Waals surface area contributed by atoms with Crippen LogP contribution in [0.25, 0.3) is 0 Å². The minimum atomic E-state index is -4.45. The van der Waals surface area contributed by atoms with E-state index < -0.39 is 20.0 Å². The predicted molar refractivity (Wildman–Crippen MR) is 319 cm³/mol. The highest BCUT2D eigenvalue weighted by molar-refractivity contribution is 7.47. The van der Waals surface area contributed by atoms with Gasteiger partial charge in [-0.05, 0) is 70.3 Å². The van der Waals surface area contributed by atoms with Gasteiger partial charge in [-0.3, -0.25) is 18.6 Å². The normalized spacial score (nSPS) is 14.0. The third-order valence-electron chi connectivity index (χ3n) is 14.0. The number of quaternary nitrogens is 1. The van der Waals surface area contributed by atoms with Crippen LogP contribution in [0.2, 0.25) is 0 Å². The summed E-state index contributed by atoms with van der Waals surface area (Å²) in [4.78, 5) is 37.7. The Morgan fingerprint density at radius 1 is 0.473 bits per heavy atom. The second-order valence-corrected chi connectivity index (χ2v) is 24.0. The Hall–Kier alpha value is -2.03. The molecule has 0 aromatic heterocycles. The van der Waals surface area contributed by atoms with E-state index in [-0.39, 0.29) is 25.1 Å². The first-order valence-corrected chi connectivity index (χ1v) is 33.0. The summed E-state index contributed by atoms with van der Waals surface area (Å²) in [6, 6.07) is -0.850. The zero-order valence-corrected chi connectivity index (χ0v) is 50.5. The summed E-state index contributed by atoms with van der Waals surface area (Å²) < 4.78 is 30.7. The molecular formula is C64H122N2O7P+. The molecule has 74 heavy (non-hydrogen) atoms. The molecule has 0 heterocycles. The summed E-state index contributed by atoms with van der Waals surface area (Å²) >= 11 is 0. The van der Waals surface area contributed by atoms with Crippen LogP contribution < -0.4 is 5.32 Å². The molecule has 3 unspecified atom stereocenters. The monoisotopic (exact) mass is 1060 g/mol.